The van der Waals surface area contributed by atoms with Crippen LogP contribution in [0.3, 0.4) is 0 Å². The summed E-state index contributed by atoms with van der Waals surface area (Å²) in [5.74, 6) is -0.685. The molecule has 5 aliphatic rings. The van der Waals surface area contributed by atoms with Gasteiger partial charge < -0.3 is 0 Å². The number of hydrogen-bond donors (Lipinski definition) is 2. The van der Waals surface area contributed by atoms with Gasteiger partial charge in [0.05, 0.1) is 5.66 Å². The van der Waals surface area contributed by atoms with Gasteiger partial charge in [0.15, 0.2) is 0 Å². The Balaban J connectivity index is 1.36. The molecule has 162 valence electrons. The maximum atomic E-state index is 14.6. The molecule has 2 aliphatic heterocycles. The van der Waals surface area contributed by atoms with Crippen molar-refractivity contribution in [3.63, 3.8) is 0 Å². The van der Waals surface area contributed by atoms with Gasteiger partial charge in [-0.15, -0.1) is 0 Å². The molecule has 5 nitrogen and oxygen atoms in total. The van der Waals surface area contributed by atoms with E-state index < -0.39 is 16.5 Å². The van der Waals surface area contributed by atoms with E-state index in [-0.39, 0.29) is 29.0 Å². The van der Waals surface area contributed by atoms with Gasteiger partial charge in [0.2, 0.25) is 5.91 Å². The molecule has 3 unspecified atom stereocenters. The first-order valence-electron chi connectivity index (χ1n) is 11.0. The molecule has 1 aromatic rings. The fourth-order valence-electron chi connectivity index (χ4n) is 5.60. The lowest BCUT2D eigenvalue weighted by Gasteiger charge is -2.39. The van der Waals surface area contributed by atoms with E-state index in [2.05, 4.69) is 34.2 Å². The summed E-state index contributed by atoms with van der Waals surface area (Å²) in [6.07, 6.45) is 13.5. The van der Waals surface area contributed by atoms with Gasteiger partial charge in [0, 0.05) is 17.4 Å². The maximum Gasteiger partial charge on any atom is 0.247 e. The first-order chi connectivity index (χ1) is 15.0. The van der Waals surface area contributed by atoms with Crippen molar-refractivity contribution in [1.82, 2.24) is 15.9 Å². The van der Waals surface area contributed by atoms with Crippen LogP contribution in [0.1, 0.15) is 44.1 Å². The Morgan fingerprint density at radius 2 is 1.87 bits per heavy atom. The van der Waals surface area contributed by atoms with Crippen LogP contribution in [0.2, 0.25) is 0 Å². The Morgan fingerprint density at radius 1 is 1.10 bits per heavy atom. The minimum Gasteiger partial charge on any atom is -0.273 e. The fraction of sp³-hybridized carbons (Fsp3) is 0.478. The normalized spacial score (nSPS) is 33.2. The second-order valence-corrected chi connectivity index (χ2v) is 10.5. The van der Waals surface area contributed by atoms with Crippen LogP contribution in [-0.2, 0) is 4.79 Å². The number of hydrazine groups is 1. The number of nitrogens with zero attached hydrogens (tertiary/aromatic N) is 2. The summed E-state index contributed by atoms with van der Waals surface area (Å²) in [5, 5.41) is 6.73. The van der Waals surface area contributed by atoms with Crippen molar-refractivity contribution in [2.75, 3.05) is 0 Å². The van der Waals surface area contributed by atoms with Crippen molar-refractivity contribution in [3.05, 3.63) is 59.7 Å². The molecular weight excluding hydrogens is 418 g/mol. The first kappa shape index (κ1) is 19.6. The van der Waals surface area contributed by atoms with Crippen LogP contribution in [0.5, 0.6) is 0 Å². The molecule has 2 heterocycles. The number of hydrogen-bond acceptors (Lipinski definition) is 5. The number of amides is 1. The van der Waals surface area contributed by atoms with Gasteiger partial charge in [-0.25, -0.2) is 24.6 Å². The highest BCUT2D eigenvalue weighted by Crippen LogP contribution is 2.57. The van der Waals surface area contributed by atoms with Crippen molar-refractivity contribution in [3.8, 4) is 0 Å². The number of benzene rings is 1. The Bertz CT molecular complexity index is 1030. The van der Waals surface area contributed by atoms with Crippen LogP contribution in [-0.4, -0.2) is 26.5 Å². The zero-order valence-electron chi connectivity index (χ0n) is 17.0. The van der Waals surface area contributed by atoms with Gasteiger partial charge in [-0.3, -0.25) is 4.79 Å². The van der Waals surface area contributed by atoms with E-state index >= 15 is 0 Å². The molecule has 2 N–H and O–H groups in total. The minimum absolute atomic E-state index is 0.0124. The van der Waals surface area contributed by atoms with E-state index in [1.165, 1.54) is 17.8 Å². The summed E-state index contributed by atoms with van der Waals surface area (Å²) in [5.41, 5.74) is 6.56. The average Bonchev–Trinajstić information content (AvgIpc) is 3.28. The molecule has 8 heteroatoms. The van der Waals surface area contributed by atoms with E-state index in [0.29, 0.717) is 11.0 Å². The molecule has 0 radical (unpaired) electrons. The number of allylic oxidation sites excluding steroid dienone is 3. The second kappa shape index (κ2) is 6.98. The Kier molecular flexibility index (Phi) is 4.43. The number of halogens is 2. The number of nitrogens with one attached hydrogen (secondary N) is 2. The van der Waals surface area contributed by atoms with E-state index in [1.54, 1.807) is 5.01 Å². The molecule has 1 amide bonds. The Hall–Kier alpha value is -2.03. The average molecular weight is 443 g/mol. The summed E-state index contributed by atoms with van der Waals surface area (Å²) < 4.78 is 28.5. The van der Waals surface area contributed by atoms with Gasteiger partial charge in [-0.2, -0.15) is 5.10 Å². The fourth-order valence-corrected chi connectivity index (χ4v) is 7.15. The van der Waals surface area contributed by atoms with Crippen LogP contribution in [0.25, 0.3) is 0 Å². The molecule has 1 saturated heterocycles. The van der Waals surface area contributed by atoms with Gasteiger partial charge in [-0.1, -0.05) is 36.1 Å². The summed E-state index contributed by atoms with van der Waals surface area (Å²) in [6, 6.07) is 3.41. The lowest BCUT2D eigenvalue weighted by molar-refractivity contribution is -0.140. The lowest BCUT2D eigenvalue weighted by atomic mass is 9.83. The molecule has 31 heavy (non-hydrogen) atoms. The predicted molar refractivity (Wildman–Crippen MR) is 116 cm³/mol. The summed E-state index contributed by atoms with van der Waals surface area (Å²) >= 11 is 1.43. The summed E-state index contributed by atoms with van der Waals surface area (Å²) in [4.78, 5) is 13.2. The second-order valence-electron chi connectivity index (χ2n) is 9.23. The molecule has 6 rings (SSSR count). The van der Waals surface area contributed by atoms with Gasteiger partial charge in [0.1, 0.15) is 21.5 Å². The van der Waals surface area contributed by atoms with E-state index in [0.717, 1.165) is 50.7 Å². The van der Waals surface area contributed by atoms with Crippen LogP contribution in [0, 0.1) is 29.4 Å². The van der Waals surface area contributed by atoms with Crippen LogP contribution >= 0.6 is 11.8 Å². The van der Waals surface area contributed by atoms with E-state index in [1.807, 2.05) is 6.08 Å². The smallest absolute Gasteiger partial charge is 0.247 e. The number of rotatable bonds is 2. The Morgan fingerprint density at radius 3 is 2.65 bits per heavy atom. The molecular formula is C23H24F2N4OS. The number of fused-ring (bicyclic) bond motifs is 2. The zero-order chi connectivity index (χ0) is 21.2. The highest BCUT2D eigenvalue weighted by Gasteiger charge is 2.58. The van der Waals surface area contributed by atoms with E-state index in [9.17, 15) is 13.6 Å². The number of thioether (sulfide) groups is 1. The standard InChI is InChI=1S/C23H24F2N4OS/c24-16-5-6-19(25)17(13-16)20-26-29(21(30)15-7-10-22(11-8-15)27-28-22)23(31-20)12-9-14-3-1-2-4-18(14)23/h1-6,13-15,18,27-28H,7-12H2. The van der Waals surface area contributed by atoms with Crippen LogP contribution in [0.15, 0.2) is 47.6 Å². The van der Waals surface area contributed by atoms with Crippen LogP contribution in [0.4, 0.5) is 8.78 Å². The number of carbonyl (C=O) groups excluding carboxylic acids is 1. The monoisotopic (exact) mass is 442 g/mol. The summed E-state index contributed by atoms with van der Waals surface area (Å²) in [7, 11) is 0. The topological polar surface area (TPSA) is 76.5 Å². The largest absolute Gasteiger partial charge is 0.273 e. The molecule has 3 fully saturated rings. The Labute approximate surface area is 184 Å². The molecule has 0 aromatic heterocycles. The highest BCUT2D eigenvalue weighted by molar-refractivity contribution is 8.15. The van der Waals surface area contributed by atoms with Crippen molar-refractivity contribution in [2.45, 2.75) is 49.1 Å². The third-order valence-corrected chi connectivity index (χ3v) is 8.96. The highest BCUT2D eigenvalue weighted by atomic mass is 32.2. The first-order valence-corrected chi connectivity index (χ1v) is 11.8. The molecule has 1 aromatic carbocycles. The van der Waals surface area contributed by atoms with Gasteiger partial charge >= 0.3 is 0 Å². The SMILES string of the molecule is O=C(C1CCC2(CC1)NN2)N1N=C(c2cc(F)ccc2F)SC12CCC1C=CC=CC12. The van der Waals surface area contributed by atoms with Crippen molar-refractivity contribution in [2.24, 2.45) is 22.9 Å². The quantitative estimate of drug-likeness (QED) is 0.678. The third-order valence-electron chi connectivity index (χ3n) is 7.46. The summed E-state index contributed by atoms with van der Waals surface area (Å²) in [6.45, 7) is 0. The van der Waals surface area contributed by atoms with Gasteiger partial charge in [-0.05, 0) is 62.6 Å². The molecule has 2 spiro atoms. The van der Waals surface area contributed by atoms with Crippen molar-refractivity contribution >= 4 is 22.7 Å². The molecule has 0 bridgehead atoms. The minimum atomic E-state index is -0.581. The third kappa shape index (κ3) is 3.10. The molecule has 3 atom stereocenters. The lowest BCUT2D eigenvalue weighted by Crippen LogP contribution is -2.49. The molecule has 2 saturated carbocycles. The number of hydrazone groups is 1. The van der Waals surface area contributed by atoms with Gasteiger partial charge in [0.25, 0.3) is 0 Å². The number of carbonyl (C=O) groups is 1. The van der Waals surface area contributed by atoms with Crippen molar-refractivity contribution < 1.29 is 13.6 Å². The predicted octanol–water partition coefficient (Wildman–Crippen LogP) is 4.04. The van der Waals surface area contributed by atoms with Crippen LogP contribution < -0.4 is 10.9 Å². The zero-order valence-corrected chi connectivity index (χ0v) is 17.8. The van der Waals surface area contributed by atoms with Crippen molar-refractivity contribution in [1.29, 1.82) is 0 Å². The maximum absolute atomic E-state index is 14.6. The van der Waals surface area contributed by atoms with E-state index in [4.69, 9.17) is 0 Å². The molecule has 3 aliphatic carbocycles.